The van der Waals surface area contributed by atoms with Gasteiger partial charge >= 0.3 is 5.97 Å². The largest absolute Gasteiger partial charge is 0.475 e. The lowest BCUT2D eigenvalue weighted by Gasteiger charge is -2.08. The number of thiophene rings is 1. The van der Waals surface area contributed by atoms with E-state index in [1.165, 1.54) is 29.3 Å². The number of carbonyl (C=O) groups excluding carboxylic acids is 1. The molecule has 0 radical (unpaired) electrons. The first-order valence-electron chi connectivity index (χ1n) is 6.85. The predicted molar refractivity (Wildman–Crippen MR) is 77.8 cm³/mol. The molecule has 21 heavy (non-hydrogen) atoms. The first kappa shape index (κ1) is 13.9. The fourth-order valence-electron chi connectivity index (χ4n) is 2.44. The molecule has 2 aromatic rings. The standard InChI is InChI=1S/C15H15NO4S/c17-14(13-7-9-3-1-2-4-12(9)21-13)16-8-10-5-6-11(20-10)15(18)19/h5-7H,1-4,8H2,(H,16,17)(H,18,19). The van der Waals surface area contributed by atoms with Crippen LogP contribution in [0.4, 0.5) is 0 Å². The van der Waals surface area contributed by atoms with E-state index in [4.69, 9.17) is 9.52 Å². The summed E-state index contributed by atoms with van der Waals surface area (Å²) in [5, 5.41) is 11.5. The first-order valence-corrected chi connectivity index (χ1v) is 7.67. The molecule has 0 saturated heterocycles. The Hall–Kier alpha value is -2.08. The third-order valence-corrected chi connectivity index (χ3v) is 4.75. The SMILES string of the molecule is O=C(O)c1ccc(CNC(=O)c2cc3c(s2)CCCC3)o1. The smallest absolute Gasteiger partial charge is 0.371 e. The summed E-state index contributed by atoms with van der Waals surface area (Å²) in [6.07, 6.45) is 4.50. The molecule has 0 saturated carbocycles. The molecule has 0 unspecified atom stereocenters. The molecule has 2 heterocycles. The zero-order valence-corrected chi connectivity index (χ0v) is 12.2. The van der Waals surface area contributed by atoms with Gasteiger partial charge < -0.3 is 14.8 Å². The number of carboxylic acids is 1. The van der Waals surface area contributed by atoms with Gasteiger partial charge in [0.2, 0.25) is 5.76 Å². The second-order valence-electron chi connectivity index (χ2n) is 5.02. The Morgan fingerprint density at radius 1 is 1.29 bits per heavy atom. The minimum absolute atomic E-state index is 0.120. The molecular weight excluding hydrogens is 290 g/mol. The van der Waals surface area contributed by atoms with Crippen molar-refractivity contribution in [3.63, 3.8) is 0 Å². The van der Waals surface area contributed by atoms with Crippen LogP contribution in [0.25, 0.3) is 0 Å². The zero-order valence-electron chi connectivity index (χ0n) is 11.3. The summed E-state index contributed by atoms with van der Waals surface area (Å²) in [4.78, 5) is 24.9. The lowest BCUT2D eigenvalue weighted by Crippen LogP contribution is -2.21. The van der Waals surface area contributed by atoms with Crippen molar-refractivity contribution in [2.24, 2.45) is 0 Å². The molecule has 3 rings (SSSR count). The van der Waals surface area contributed by atoms with Crippen LogP contribution >= 0.6 is 11.3 Å². The van der Waals surface area contributed by atoms with Crippen molar-refractivity contribution in [2.45, 2.75) is 32.2 Å². The second-order valence-corrected chi connectivity index (χ2v) is 6.16. The van der Waals surface area contributed by atoms with Crippen LogP contribution in [-0.2, 0) is 19.4 Å². The predicted octanol–water partition coefficient (Wildman–Crippen LogP) is 2.85. The van der Waals surface area contributed by atoms with Crippen LogP contribution in [0.2, 0.25) is 0 Å². The number of furan rings is 1. The van der Waals surface area contributed by atoms with Crippen LogP contribution in [0.5, 0.6) is 0 Å². The van der Waals surface area contributed by atoms with Crippen molar-refractivity contribution in [1.82, 2.24) is 5.32 Å². The molecule has 5 nitrogen and oxygen atoms in total. The summed E-state index contributed by atoms with van der Waals surface area (Å²) in [7, 11) is 0. The van der Waals surface area contributed by atoms with E-state index in [-0.39, 0.29) is 18.2 Å². The fourth-order valence-corrected chi connectivity index (χ4v) is 3.61. The topological polar surface area (TPSA) is 79.5 Å². The third-order valence-electron chi connectivity index (χ3n) is 3.52. The second kappa shape index (κ2) is 5.73. The maximum atomic E-state index is 12.1. The molecule has 0 bridgehead atoms. The van der Waals surface area contributed by atoms with E-state index in [1.807, 2.05) is 6.07 Å². The number of nitrogens with one attached hydrogen (secondary N) is 1. The summed E-state index contributed by atoms with van der Waals surface area (Å²) in [5.74, 6) is -0.936. The fraction of sp³-hybridized carbons (Fsp3) is 0.333. The number of hydrogen-bond donors (Lipinski definition) is 2. The highest BCUT2D eigenvalue weighted by atomic mass is 32.1. The molecule has 1 amide bonds. The number of amides is 1. The van der Waals surface area contributed by atoms with E-state index in [0.717, 1.165) is 12.8 Å². The lowest BCUT2D eigenvalue weighted by atomic mass is 9.99. The average Bonchev–Trinajstić information content (AvgIpc) is 3.11. The van der Waals surface area contributed by atoms with Gasteiger partial charge in [0, 0.05) is 4.88 Å². The molecule has 0 aliphatic heterocycles. The van der Waals surface area contributed by atoms with Crippen LogP contribution < -0.4 is 5.32 Å². The van der Waals surface area contributed by atoms with Gasteiger partial charge in [-0.3, -0.25) is 4.79 Å². The molecule has 0 atom stereocenters. The van der Waals surface area contributed by atoms with Crippen molar-refractivity contribution in [3.05, 3.63) is 45.0 Å². The first-order chi connectivity index (χ1) is 10.1. The molecular formula is C15H15NO4S. The van der Waals surface area contributed by atoms with Crippen molar-refractivity contribution >= 4 is 23.2 Å². The van der Waals surface area contributed by atoms with E-state index >= 15 is 0 Å². The Morgan fingerprint density at radius 3 is 2.81 bits per heavy atom. The lowest BCUT2D eigenvalue weighted by molar-refractivity contribution is 0.0660. The highest BCUT2D eigenvalue weighted by Gasteiger charge is 2.17. The van der Waals surface area contributed by atoms with Gasteiger partial charge in [0.15, 0.2) is 0 Å². The van der Waals surface area contributed by atoms with Gasteiger partial charge in [-0.2, -0.15) is 0 Å². The number of rotatable bonds is 4. The van der Waals surface area contributed by atoms with Crippen LogP contribution in [-0.4, -0.2) is 17.0 Å². The van der Waals surface area contributed by atoms with Crippen molar-refractivity contribution in [2.75, 3.05) is 0 Å². The van der Waals surface area contributed by atoms with E-state index in [1.54, 1.807) is 17.4 Å². The highest BCUT2D eigenvalue weighted by molar-refractivity contribution is 7.14. The van der Waals surface area contributed by atoms with Crippen LogP contribution in [0.15, 0.2) is 22.6 Å². The number of carboxylic acid groups (broad SMARTS) is 1. The molecule has 0 aromatic carbocycles. The summed E-state index contributed by atoms with van der Waals surface area (Å²) in [6.45, 7) is 0.189. The Labute approximate surface area is 125 Å². The van der Waals surface area contributed by atoms with Gasteiger partial charge in [0.05, 0.1) is 11.4 Å². The Balaban J connectivity index is 1.63. The van der Waals surface area contributed by atoms with Crippen LogP contribution in [0, 0.1) is 0 Å². The molecule has 0 fully saturated rings. The quantitative estimate of drug-likeness (QED) is 0.910. The third kappa shape index (κ3) is 3.00. The van der Waals surface area contributed by atoms with Gasteiger partial charge in [0.1, 0.15) is 5.76 Å². The van der Waals surface area contributed by atoms with Crippen molar-refractivity contribution < 1.29 is 19.1 Å². The molecule has 6 heteroatoms. The average molecular weight is 305 g/mol. The number of aromatic carboxylic acids is 1. The van der Waals surface area contributed by atoms with Gasteiger partial charge in [-0.1, -0.05) is 0 Å². The molecule has 1 aliphatic rings. The maximum absolute atomic E-state index is 12.1. The molecule has 2 aromatic heterocycles. The molecule has 0 spiro atoms. The summed E-state index contributed by atoms with van der Waals surface area (Å²) < 4.78 is 5.10. The number of fused-ring (bicyclic) bond motifs is 1. The normalized spacial score (nSPS) is 13.7. The van der Waals surface area contributed by atoms with E-state index < -0.39 is 5.97 Å². The van der Waals surface area contributed by atoms with Crippen LogP contribution in [0.3, 0.4) is 0 Å². The number of aryl methyl sites for hydroxylation is 2. The summed E-state index contributed by atoms with van der Waals surface area (Å²) in [6, 6.07) is 4.91. The Morgan fingerprint density at radius 2 is 2.10 bits per heavy atom. The summed E-state index contributed by atoms with van der Waals surface area (Å²) in [5.41, 5.74) is 1.29. The Bertz CT molecular complexity index is 662. The van der Waals surface area contributed by atoms with Crippen LogP contribution in [0.1, 0.15) is 49.3 Å². The van der Waals surface area contributed by atoms with E-state index in [0.29, 0.717) is 10.6 Å². The molecule has 110 valence electrons. The monoisotopic (exact) mass is 305 g/mol. The van der Waals surface area contributed by atoms with Crippen molar-refractivity contribution in [3.8, 4) is 0 Å². The molecule has 1 aliphatic carbocycles. The van der Waals surface area contributed by atoms with Gasteiger partial charge in [0.25, 0.3) is 5.91 Å². The summed E-state index contributed by atoms with van der Waals surface area (Å²) >= 11 is 1.55. The maximum Gasteiger partial charge on any atom is 0.371 e. The number of hydrogen-bond acceptors (Lipinski definition) is 4. The van der Waals surface area contributed by atoms with Gasteiger partial charge in [-0.15, -0.1) is 11.3 Å². The molecule has 2 N–H and O–H groups in total. The van der Waals surface area contributed by atoms with E-state index in [2.05, 4.69) is 5.32 Å². The zero-order chi connectivity index (χ0) is 14.8. The number of carbonyl (C=O) groups is 2. The van der Waals surface area contributed by atoms with Gasteiger partial charge in [-0.25, -0.2) is 4.79 Å². The minimum Gasteiger partial charge on any atom is -0.475 e. The van der Waals surface area contributed by atoms with E-state index in [9.17, 15) is 9.59 Å². The van der Waals surface area contributed by atoms with Crippen molar-refractivity contribution in [1.29, 1.82) is 0 Å². The Kier molecular flexibility index (Phi) is 3.79. The minimum atomic E-state index is -1.11. The van der Waals surface area contributed by atoms with Gasteiger partial charge in [-0.05, 0) is 49.4 Å². The highest BCUT2D eigenvalue weighted by Crippen LogP contribution is 2.29.